The van der Waals surface area contributed by atoms with Gasteiger partial charge in [0.25, 0.3) is 0 Å². The highest BCUT2D eigenvalue weighted by Crippen LogP contribution is 2.28. The molecule has 0 atom stereocenters. The van der Waals surface area contributed by atoms with Crippen molar-refractivity contribution in [3.8, 4) is 5.75 Å². The molecule has 1 aromatic heterocycles. The average Bonchev–Trinajstić information content (AvgIpc) is 3.07. The van der Waals surface area contributed by atoms with Crippen LogP contribution in [0.3, 0.4) is 0 Å². The summed E-state index contributed by atoms with van der Waals surface area (Å²) in [4.78, 5) is -0.301. The van der Waals surface area contributed by atoms with Gasteiger partial charge in [0.2, 0.25) is 9.84 Å². The summed E-state index contributed by atoms with van der Waals surface area (Å²) in [6.45, 7) is 0.474. The van der Waals surface area contributed by atoms with Crippen molar-refractivity contribution >= 4 is 9.84 Å². The fraction of sp³-hybridized carbons (Fsp3) is 0.118. The Balaban J connectivity index is 1.85. The van der Waals surface area contributed by atoms with E-state index in [9.17, 15) is 21.6 Å². The van der Waals surface area contributed by atoms with E-state index in [1.54, 1.807) is 35.3 Å². The first-order chi connectivity index (χ1) is 12.2. The highest BCUT2D eigenvalue weighted by Gasteiger charge is 2.31. The normalized spacial score (nSPS) is 12.1. The van der Waals surface area contributed by atoms with Crippen molar-refractivity contribution in [1.29, 1.82) is 0 Å². The van der Waals surface area contributed by atoms with Crippen LogP contribution in [0.25, 0.3) is 0 Å². The zero-order valence-corrected chi connectivity index (χ0v) is 14.0. The summed E-state index contributed by atoms with van der Waals surface area (Å²) >= 11 is 0. The van der Waals surface area contributed by atoms with Crippen molar-refractivity contribution in [2.75, 3.05) is 0 Å². The topological polar surface area (TPSA) is 61.2 Å². The molecular formula is C17H13F3N2O3S. The lowest BCUT2D eigenvalue weighted by Gasteiger charge is -2.11. The highest BCUT2D eigenvalue weighted by molar-refractivity contribution is 7.91. The summed E-state index contributed by atoms with van der Waals surface area (Å²) in [7, 11) is -3.97. The van der Waals surface area contributed by atoms with Crippen LogP contribution in [0.5, 0.6) is 5.75 Å². The number of alkyl halides is 3. The van der Waals surface area contributed by atoms with E-state index in [1.807, 2.05) is 0 Å². The second-order valence-corrected chi connectivity index (χ2v) is 7.32. The van der Waals surface area contributed by atoms with Gasteiger partial charge in [-0.25, -0.2) is 8.42 Å². The molecule has 0 spiro atoms. The third-order valence-electron chi connectivity index (χ3n) is 3.49. The maximum absolute atomic E-state index is 12.6. The van der Waals surface area contributed by atoms with Gasteiger partial charge in [-0.3, -0.25) is 4.68 Å². The van der Waals surface area contributed by atoms with Crippen LogP contribution in [-0.2, 0) is 16.4 Å². The van der Waals surface area contributed by atoms with Gasteiger partial charge in [0.15, 0.2) is 0 Å². The number of benzene rings is 2. The van der Waals surface area contributed by atoms with E-state index < -0.39 is 21.9 Å². The van der Waals surface area contributed by atoms with Crippen LogP contribution in [0.1, 0.15) is 5.56 Å². The van der Waals surface area contributed by atoms with E-state index in [4.69, 9.17) is 0 Å². The van der Waals surface area contributed by atoms with E-state index in [0.717, 1.165) is 17.7 Å². The van der Waals surface area contributed by atoms with Crippen molar-refractivity contribution in [1.82, 2.24) is 9.78 Å². The van der Waals surface area contributed by atoms with Crippen molar-refractivity contribution in [2.45, 2.75) is 22.7 Å². The van der Waals surface area contributed by atoms with Crippen LogP contribution in [-0.4, -0.2) is 24.6 Å². The molecule has 0 saturated carbocycles. The van der Waals surface area contributed by atoms with Gasteiger partial charge in [0.05, 0.1) is 16.3 Å². The number of rotatable bonds is 5. The maximum atomic E-state index is 12.6. The molecule has 3 aromatic rings. The van der Waals surface area contributed by atoms with Crippen LogP contribution < -0.4 is 4.74 Å². The number of halogens is 3. The Bertz CT molecular complexity index is 983. The van der Waals surface area contributed by atoms with Gasteiger partial charge in [0.1, 0.15) is 5.75 Å². The first-order valence-electron chi connectivity index (χ1n) is 7.41. The molecule has 5 nitrogen and oxygen atoms in total. The third-order valence-corrected chi connectivity index (χ3v) is 5.25. The van der Waals surface area contributed by atoms with Gasteiger partial charge in [-0.1, -0.05) is 18.2 Å². The Morgan fingerprint density at radius 2 is 1.73 bits per heavy atom. The molecule has 3 rings (SSSR count). The van der Waals surface area contributed by atoms with Gasteiger partial charge in [-0.15, -0.1) is 13.2 Å². The van der Waals surface area contributed by atoms with E-state index in [-0.39, 0.29) is 9.79 Å². The summed E-state index contributed by atoms with van der Waals surface area (Å²) in [5.41, 5.74) is 0.835. The van der Waals surface area contributed by atoms with Crippen molar-refractivity contribution in [3.63, 3.8) is 0 Å². The molecule has 0 N–H and O–H groups in total. The van der Waals surface area contributed by atoms with Crippen LogP contribution in [0.4, 0.5) is 13.2 Å². The largest absolute Gasteiger partial charge is 0.573 e. The molecule has 0 unspecified atom stereocenters. The third kappa shape index (κ3) is 4.23. The molecule has 2 aromatic carbocycles. The lowest BCUT2D eigenvalue weighted by atomic mass is 10.2. The fourth-order valence-corrected chi connectivity index (χ4v) is 3.63. The van der Waals surface area contributed by atoms with Crippen molar-refractivity contribution in [3.05, 3.63) is 72.6 Å². The quantitative estimate of drug-likeness (QED) is 0.676. The van der Waals surface area contributed by atoms with E-state index >= 15 is 0 Å². The molecule has 0 aliphatic heterocycles. The molecule has 0 aliphatic rings. The van der Waals surface area contributed by atoms with Crippen LogP contribution in [0.2, 0.25) is 0 Å². The van der Waals surface area contributed by atoms with Crippen molar-refractivity contribution < 1.29 is 26.3 Å². The zero-order chi connectivity index (χ0) is 18.8. The highest BCUT2D eigenvalue weighted by atomic mass is 32.2. The molecule has 9 heteroatoms. The number of nitrogens with zero attached hydrogens (tertiary/aromatic N) is 2. The summed E-state index contributed by atoms with van der Waals surface area (Å²) in [5.74, 6) is -0.589. The predicted molar refractivity (Wildman–Crippen MR) is 86.3 cm³/mol. The van der Waals surface area contributed by atoms with E-state index in [1.165, 1.54) is 24.3 Å². The Hall–Kier alpha value is -2.81. The summed E-state index contributed by atoms with van der Waals surface area (Å²) in [5, 5.41) is 4.06. The number of ether oxygens (including phenoxy) is 1. The lowest BCUT2D eigenvalue weighted by Crippen LogP contribution is -2.17. The van der Waals surface area contributed by atoms with Gasteiger partial charge in [-0.2, -0.15) is 5.10 Å². The minimum absolute atomic E-state index is 0.0223. The molecule has 0 aliphatic carbocycles. The van der Waals surface area contributed by atoms with Crippen LogP contribution >= 0.6 is 0 Å². The van der Waals surface area contributed by atoms with E-state index in [0.29, 0.717) is 6.54 Å². The number of hydrogen-bond donors (Lipinski definition) is 0. The molecule has 136 valence electrons. The summed E-state index contributed by atoms with van der Waals surface area (Å²) < 4.78 is 67.7. The maximum Gasteiger partial charge on any atom is 0.573 e. The summed E-state index contributed by atoms with van der Waals surface area (Å²) in [6, 6.07) is 12.2. The predicted octanol–water partition coefficient (Wildman–Crippen LogP) is 3.66. The average molecular weight is 382 g/mol. The molecule has 0 saturated heterocycles. The van der Waals surface area contributed by atoms with Crippen LogP contribution in [0, 0.1) is 0 Å². The van der Waals surface area contributed by atoms with E-state index in [2.05, 4.69) is 9.84 Å². The van der Waals surface area contributed by atoms with Crippen molar-refractivity contribution in [2.24, 2.45) is 0 Å². The first-order valence-corrected chi connectivity index (χ1v) is 8.90. The second kappa shape index (κ2) is 6.83. The molecule has 0 radical (unpaired) electrons. The smallest absolute Gasteiger partial charge is 0.406 e. The molecule has 1 heterocycles. The molecule has 0 fully saturated rings. The van der Waals surface area contributed by atoms with Gasteiger partial charge < -0.3 is 4.74 Å². The standard InChI is InChI=1S/C17H13F3N2O3S/c18-17(19,20)25-14-3-1-4-16(11-14)26(23,24)15-7-5-13(6-8-15)12-22-10-2-9-21-22/h1-11H,12H2. The lowest BCUT2D eigenvalue weighted by molar-refractivity contribution is -0.274. The molecule has 0 amide bonds. The van der Waals surface area contributed by atoms with Gasteiger partial charge >= 0.3 is 6.36 Å². The summed E-state index contributed by atoms with van der Waals surface area (Å²) in [6.07, 6.45) is -1.48. The Morgan fingerprint density at radius 3 is 2.35 bits per heavy atom. The van der Waals surface area contributed by atoms with Gasteiger partial charge in [-0.05, 0) is 42.0 Å². The fourth-order valence-electron chi connectivity index (χ4n) is 2.33. The van der Waals surface area contributed by atoms with Crippen LogP contribution in [0.15, 0.2) is 76.8 Å². The molecule has 26 heavy (non-hydrogen) atoms. The first kappa shape index (κ1) is 18.0. The van der Waals surface area contributed by atoms with Gasteiger partial charge in [0, 0.05) is 12.4 Å². The number of aromatic nitrogens is 2. The number of hydrogen-bond acceptors (Lipinski definition) is 4. The monoisotopic (exact) mass is 382 g/mol. The second-order valence-electron chi connectivity index (χ2n) is 5.37. The zero-order valence-electron chi connectivity index (χ0n) is 13.2. The Labute approximate surface area is 147 Å². The molecular weight excluding hydrogens is 369 g/mol. The molecule has 0 bridgehead atoms. The number of sulfone groups is 1. The Kier molecular flexibility index (Phi) is 4.73. The minimum atomic E-state index is -4.89. The minimum Gasteiger partial charge on any atom is -0.406 e. The SMILES string of the molecule is O=S(=O)(c1ccc(Cn2cccn2)cc1)c1cccc(OC(F)(F)F)c1. The Morgan fingerprint density at radius 1 is 1.00 bits per heavy atom.